The maximum atomic E-state index is 5.74. The first kappa shape index (κ1) is 24.0. The zero-order valence-corrected chi connectivity index (χ0v) is 20.6. The number of hydrogen-bond donors (Lipinski definition) is 0. The van der Waals surface area contributed by atoms with Gasteiger partial charge in [0.1, 0.15) is 5.75 Å². The quantitative estimate of drug-likeness (QED) is 0.143. The van der Waals surface area contributed by atoms with Crippen LogP contribution in [0.3, 0.4) is 0 Å². The zero-order valence-electron chi connectivity index (χ0n) is 15.3. The molecule has 0 spiro atoms. The molecule has 1 nitrogen and oxygen atoms in total. The van der Waals surface area contributed by atoms with Crippen molar-refractivity contribution in [3.05, 3.63) is 62.6 Å². The van der Waals surface area contributed by atoms with Crippen molar-refractivity contribution in [1.29, 1.82) is 0 Å². The van der Waals surface area contributed by atoms with E-state index in [1.54, 1.807) is 0 Å². The molecule has 2 rings (SSSR count). The normalized spacial score (nSPS) is 10.1. The third-order valence-corrected chi connectivity index (χ3v) is 5.79. The lowest BCUT2D eigenvalue weighted by molar-refractivity contribution is 0.302. The summed E-state index contributed by atoms with van der Waals surface area (Å²) < 4.78 is 8.08. The van der Waals surface area contributed by atoms with Crippen LogP contribution in [0.4, 0.5) is 0 Å². The Labute approximate surface area is 189 Å². The van der Waals surface area contributed by atoms with Gasteiger partial charge in [-0.3, -0.25) is 0 Å². The predicted molar refractivity (Wildman–Crippen MR) is 130 cm³/mol. The Morgan fingerprint density at radius 3 is 1.77 bits per heavy atom. The van der Waals surface area contributed by atoms with E-state index in [9.17, 15) is 0 Å². The van der Waals surface area contributed by atoms with E-state index in [0.717, 1.165) is 28.6 Å². The van der Waals surface area contributed by atoms with E-state index in [0.29, 0.717) is 0 Å². The summed E-state index contributed by atoms with van der Waals surface area (Å²) in [7, 11) is 0. The van der Waals surface area contributed by atoms with Crippen molar-refractivity contribution in [3.63, 3.8) is 0 Å². The number of unbranched alkanes of at least 4 members (excludes halogenated alkanes) is 7. The number of hydrogen-bond acceptors (Lipinski definition) is 1. The molecule has 0 aromatic heterocycles. The van der Waals surface area contributed by atoms with Gasteiger partial charge in [0.2, 0.25) is 0 Å². The second kappa shape index (κ2) is 17.1. The maximum absolute atomic E-state index is 5.74. The van der Waals surface area contributed by atoms with Crippen LogP contribution in [0.2, 0.25) is 0 Å². The molecule has 2 aromatic rings. The highest BCUT2D eigenvalue weighted by Crippen LogP contribution is 2.24. The Morgan fingerprint density at radius 2 is 1.23 bits per heavy atom. The van der Waals surface area contributed by atoms with Crippen molar-refractivity contribution in [2.24, 2.45) is 0 Å². The number of alkyl halides is 1. The number of halogens is 3. The fraction of sp³-hybridized carbons (Fsp3) is 0.455. The van der Waals surface area contributed by atoms with Crippen molar-refractivity contribution in [1.82, 2.24) is 0 Å². The van der Waals surface area contributed by atoms with Gasteiger partial charge in [-0.25, -0.2) is 0 Å². The Bertz CT molecular complexity index is 563. The highest BCUT2D eigenvalue weighted by Gasteiger charge is 1.98. The van der Waals surface area contributed by atoms with Crippen LogP contribution in [-0.2, 0) is 0 Å². The third kappa shape index (κ3) is 13.2. The Hall–Kier alpha value is -0.0700. The van der Waals surface area contributed by atoms with Gasteiger partial charge in [0.15, 0.2) is 0 Å². The number of benzene rings is 2. The van der Waals surface area contributed by atoms with Gasteiger partial charge in [-0.05, 0) is 75.6 Å². The lowest BCUT2D eigenvalue weighted by Gasteiger charge is -2.07. The Kier molecular flexibility index (Phi) is 15.7. The molecule has 0 heterocycles. The summed E-state index contributed by atoms with van der Waals surface area (Å²) >= 11 is 9.24. The first-order valence-electron chi connectivity index (χ1n) is 9.38. The molecular weight excluding hydrogens is 567 g/mol. The van der Waals surface area contributed by atoms with Crippen molar-refractivity contribution < 1.29 is 4.74 Å². The largest absolute Gasteiger partial charge is 0.492 e. The minimum Gasteiger partial charge on any atom is -0.492 e. The van der Waals surface area contributed by atoms with E-state index < -0.39 is 0 Å². The van der Waals surface area contributed by atoms with Crippen LogP contribution in [0.5, 0.6) is 5.75 Å². The molecule has 0 unspecified atom stereocenters. The Morgan fingerprint density at radius 1 is 0.692 bits per heavy atom. The van der Waals surface area contributed by atoms with Crippen LogP contribution in [0.15, 0.2) is 59.1 Å². The first-order chi connectivity index (χ1) is 12.7. The zero-order chi connectivity index (χ0) is 18.9. The van der Waals surface area contributed by atoms with Crippen LogP contribution in [0.1, 0.15) is 51.4 Å². The van der Waals surface area contributed by atoms with Crippen LogP contribution >= 0.6 is 54.5 Å². The van der Waals surface area contributed by atoms with E-state index >= 15 is 0 Å². The summed E-state index contributed by atoms with van der Waals surface area (Å²) in [6.45, 7) is 0.826. The minimum absolute atomic E-state index is 0.826. The SMILES string of the molecule is BrCCCCCCCCCCOc1ccccc1Br.Ic1ccccc1. The molecule has 0 saturated carbocycles. The van der Waals surface area contributed by atoms with Gasteiger partial charge in [-0.2, -0.15) is 0 Å². The smallest absolute Gasteiger partial charge is 0.133 e. The highest BCUT2D eigenvalue weighted by molar-refractivity contribution is 14.1. The van der Waals surface area contributed by atoms with Gasteiger partial charge in [0, 0.05) is 8.90 Å². The molecule has 2 aromatic carbocycles. The van der Waals surface area contributed by atoms with E-state index in [1.165, 1.54) is 48.5 Å². The van der Waals surface area contributed by atoms with Crippen LogP contribution in [-0.4, -0.2) is 11.9 Å². The highest BCUT2D eigenvalue weighted by atomic mass is 127. The molecular formula is C22H29Br2IO. The molecule has 0 bridgehead atoms. The van der Waals surface area contributed by atoms with E-state index in [4.69, 9.17) is 4.74 Å². The first-order valence-corrected chi connectivity index (χ1v) is 12.4. The van der Waals surface area contributed by atoms with Crippen molar-refractivity contribution in [3.8, 4) is 5.75 Å². The molecule has 0 aliphatic carbocycles. The summed E-state index contributed by atoms with van der Waals surface area (Å²) in [5.74, 6) is 0.956. The molecule has 0 aliphatic rings. The van der Waals surface area contributed by atoms with Crippen molar-refractivity contribution >= 4 is 54.5 Å². The third-order valence-electron chi connectivity index (χ3n) is 3.86. The summed E-state index contributed by atoms with van der Waals surface area (Å²) in [6, 6.07) is 18.3. The van der Waals surface area contributed by atoms with Crippen molar-refractivity contribution in [2.45, 2.75) is 51.4 Å². The monoisotopic (exact) mass is 594 g/mol. The van der Waals surface area contributed by atoms with Gasteiger partial charge >= 0.3 is 0 Å². The second-order valence-corrected chi connectivity index (χ2v) is 8.98. The maximum Gasteiger partial charge on any atom is 0.133 e. The van der Waals surface area contributed by atoms with Crippen molar-refractivity contribution in [2.75, 3.05) is 11.9 Å². The molecule has 0 radical (unpaired) electrons. The fourth-order valence-electron chi connectivity index (χ4n) is 2.42. The van der Waals surface area contributed by atoms with E-state index in [-0.39, 0.29) is 0 Å². The molecule has 4 heteroatoms. The van der Waals surface area contributed by atoms with Gasteiger partial charge < -0.3 is 4.74 Å². The summed E-state index contributed by atoms with van der Waals surface area (Å²) in [5, 5.41) is 1.15. The van der Waals surface area contributed by atoms with Gasteiger partial charge in [-0.15, -0.1) is 0 Å². The number of ether oxygens (including phenoxy) is 1. The fourth-order valence-corrected chi connectivity index (χ4v) is 3.63. The molecule has 0 aliphatic heterocycles. The number of para-hydroxylation sites is 1. The van der Waals surface area contributed by atoms with Crippen LogP contribution < -0.4 is 4.74 Å². The topological polar surface area (TPSA) is 9.23 Å². The summed E-state index contributed by atoms with van der Waals surface area (Å²) in [6.07, 6.45) is 10.6. The van der Waals surface area contributed by atoms with Gasteiger partial charge in [0.25, 0.3) is 0 Å². The van der Waals surface area contributed by atoms with E-state index in [2.05, 4.69) is 66.6 Å². The average molecular weight is 596 g/mol. The summed E-state index contributed by atoms with van der Waals surface area (Å²) in [5.41, 5.74) is 0. The molecule has 144 valence electrons. The van der Waals surface area contributed by atoms with E-state index in [1.807, 2.05) is 42.5 Å². The Balaban J connectivity index is 0.000000401. The van der Waals surface area contributed by atoms with Gasteiger partial charge in [0.05, 0.1) is 11.1 Å². The van der Waals surface area contributed by atoms with Crippen LogP contribution in [0, 0.1) is 3.57 Å². The molecule has 0 fully saturated rings. The molecule has 0 atom stereocenters. The van der Waals surface area contributed by atoms with Gasteiger partial charge in [-0.1, -0.05) is 84.8 Å². The lowest BCUT2D eigenvalue weighted by atomic mass is 10.1. The number of rotatable bonds is 11. The summed E-state index contributed by atoms with van der Waals surface area (Å²) in [4.78, 5) is 0. The average Bonchev–Trinajstić information content (AvgIpc) is 2.66. The molecule has 0 N–H and O–H groups in total. The molecule has 26 heavy (non-hydrogen) atoms. The minimum atomic E-state index is 0.826. The molecule has 0 amide bonds. The standard InChI is InChI=1S/C16H24Br2O.C6H5I/c17-13-9-5-3-1-2-4-6-10-14-19-16-12-8-7-11-15(16)18;7-6-4-2-1-3-5-6/h7-8,11-12H,1-6,9-10,13-14H2;1-5H. The van der Waals surface area contributed by atoms with Crippen LogP contribution in [0.25, 0.3) is 0 Å². The predicted octanol–water partition coefficient (Wildman–Crippen LogP) is 8.63. The molecule has 0 saturated heterocycles. The lowest BCUT2D eigenvalue weighted by Crippen LogP contribution is -1.97. The second-order valence-electron chi connectivity index (χ2n) is 6.09.